The zero-order chi connectivity index (χ0) is 21.8. The van der Waals surface area contributed by atoms with Gasteiger partial charge in [0.1, 0.15) is 5.75 Å². The monoisotopic (exact) mass is 411 g/mol. The SMILES string of the molecule is CCC[C@H](CCCOc1ccc(CNCCC(=O)O)cc1)Cc1ccc(C)c(C)c1. The summed E-state index contributed by atoms with van der Waals surface area (Å²) in [7, 11) is 0. The van der Waals surface area contributed by atoms with Crippen molar-refractivity contribution in [1.82, 2.24) is 5.32 Å². The molecule has 2 aromatic rings. The fourth-order valence-electron chi connectivity index (χ4n) is 3.71. The van der Waals surface area contributed by atoms with Gasteiger partial charge in [-0.15, -0.1) is 0 Å². The summed E-state index contributed by atoms with van der Waals surface area (Å²) in [4.78, 5) is 10.5. The number of aliphatic carboxylic acids is 1. The Bertz CT molecular complexity index is 770. The highest BCUT2D eigenvalue weighted by Gasteiger charge is 2.10. The Morgan fingerprint density at radius 3 is 2.43 bits per heavy atom. The lowest BCUT2D eigenvalue weighted by Crippen LogP contribution is -2.17. The average molecular weight is 412 g/mol. The Hall–Kier alpha value is -2.33. The molecule has 0 bridgehead atoms. The van der Waals surface area contributed by atoms with Crippen LogP contribution in [-0.4, -0.2) is 24.2 Å². The topological polar surface area (TPSA) is 58.6 Å². The maximum atomic E-state index is 10.5. The Kier molecular flexibility index (Phi) is 10.4. The van der Waals surface area contributed by atoms with Crippen molar-refractivity contribution in [1.29, 1.82) is 0 Å². The van der Waals surface area contributed by atoms with Gasteiger partial charge in [-0.3, -0.25) is 4.79 Å². The Labute approximate surface area is 181 Å². The molecule has 0 aliphatic rings. The molecule has 0 radical (unpaired) electrons. The normalized spacial score (nSPS) is 12.0. The zero-order valence-electron chi connectivity index (χ0n) is 18.7. The number of benzene rings is 2. The van der Waals surface area contributed by atoms with Crippen LogP contribution in [-0.2, 0) is 17.8 Å². The Morgan fingerprint density at radius 2 is 1.77 bits per heavy atom. The lowest BCUT2D eigenvalue weighted by molar-refractivity contribution is -0.136. The molecular formula is C26H37NO3. The summed E-state index contributed by atoms with van der Waals surface area (Å²) < 4.78 is 5.93. The van der Waals surface area contributed by atoms with Gasteiger partial charge in [0.15, 0.2) is 0 Å². The van der Waals surface area contributed by atoms with Crippen LogP contribution in [0.1, 0.15) is 61.3 Å². The van der Waals surface area contributed by atoms with E-state index in [-0.39, 0.29) is 6.42 Å². The third-order valence-corrected chi connectivity index (χ3v) is 5.59. The van der Waals surface area contributed by atoms with E-state index in [0.29, 0.717) is 19.0 Å². The molecule has 0 aliphatic carbocycles. The first-order valence-electron chi connectivity index (χ1n) is 11.2. The van der Waals surface area contributed by atoms with E-state index >= 15 is 0 Å². The smallest absolute Gasteiger partial charge is 0.304 e. The summed E-state index contributed by atoms with van der Waals surface area (Å²) in [6.07, 6.45) is 6.03. The van der Waals surface area contributed by atoms with Gasteiger partial charge < -0.3 is 15.2 Å². The van der Waals surface area contributed by atoms with Crippen molar-refractivity contribution in [3.63, 3.8) is 0 Å². The number of hydrogen-bond acceptors (Lipinski definition) is 3. The molecule has 0 heterocycles. The largest absolute Gasteiger partial charge is 0.494 e. The van der Waals surface area contributed by atoms with Crippen LogP contribution < -0.4 is 10.1 Å². The lowest BCUT2D eigenvalue weighted by atomic mass is 9.90. The number of rotatable bonds is 14. The van der Waals surface area contributed by atoms with E-state index in [1.165, 1.54) is 36.0 Å². The highest BCUT2D eigenvalue weighted by molar-refractivity contribution is 5.66. The van der Waals surface area contributed by atoms with Gasteiger partial charge in [-0.2, -0.15) is 0 Å². The first-order valence-corrected chi connectivity index (χ1v) is 11.2. The summed E-state index contributed by atoms with van der Waals surface area (Å²) in [5.74, 6) is 0.826. The van der Waals surface area contributed by atoms with Gasteiger partial charge in [0.25, 0.3) is 0 Å². The van der Waals surface area contributed by atoms with Crippen molar-refractivity contribution in [2.75, 3.05) is 13.2 Å². The van der Waals surface area contributed by atoms with Crippen LogP contribution in [0.4, 0.5) is 0 Å². The summed E-state index contributed by atoms with van der Waals surface area (Å²) in [6.45, 7) is 8.52. The van der Waals surface area contributed by atoms with Crippen molar-refractivity contribution in [2.45, 2.75) is 65.8 Å². The number of carboxylic acids is 1. The molecule has 2 rings (SSSR count). The van der Waals surface area contributed by atoms with Crippen molar-refractivity contribution >= 4 is 5.97 Å². The van der Waals surface area contributed by atoms with Crippen molar-refractivity contribution in [3.8, 4) is 5.75 Å². The minimum atomic E-state index is -0.776. The van der Waals surface area contributed by atoms with Crippen LogP contribution in [0, 0.1) is 19.8 Å². The molecule has 4 heteroatoms. The van der Waals surface area contributed by atoms with Gasteiger partial charge in [-0.05, 0) is 73.4 Å². The van der Waals surface area contributed by atoms with Crippen LogP contribution in [0.15, 0.2) is 42.5 Å². The standard InChI is InChI=1S/C26H37NO3/c1-4-6-22(18-24-9-8-20(2)21(3)17-24)7-5-16-30-25-12-10-23(11-13-25)19-27-15-14-26(28)29/h8-13,17,22,27H,4-7,14-16,18-19H2,1-3H3,(H,28,29)/t22-/m1/s1. The van der Waals surface area contributed by atoms with Gasteiger partial charge in [0.05, 0.1) is 13.0 Å². The van der Waals surface area contributed by atoms with E-state index in [9.17, 15) is 4.79 Å². The molecular weight excluding hydrogens is 374 g/mol. The second-order valence-electron chi connectivity index (χ2n) is 8.23. The second kappa shape index (κ2) is 13.1. The molecule has 0 aromatic heterocycles. The maximum absolute atomic E-state index is 10.5. The lowest BCUT2D eigenvalue weighted by Gasteiger charge is -2.17. The maximum Gasteiger partial charge on any atom is 0.304 e. The zero-order valence-corrected chi connectivity index (χ0v) is 18.7. The minimum absolute atomic E-state index is 0.143. The molecule has 30 heavy (non-hydrogen) atoms. The molecule has 2 aromatic carbocycles. The van der Waals surface area contributed by atoms with E-state index in [2.05, 4.69) is 44.3 Å². The summed E-state index contributed by atoms with van der Waals surface area (Å²) in [5.41, 5.74) is 5.32. The molecule has 164 valence electrons. The third-order valence-electron chi connectivity index (χ3n) is 5.59. The summed E-state index contributed by atoms with van der Waals surface area (Å²) in [6, 6.07) is 14.9. The van der Waals surface area contributed by atoms with Crippen LogP contribution >= 0.6 is 0 Å². The first-order chi connectivity index (χ1) is 14.5. The molecule has 0 aliphatic heterocycles. The predicted octanol–water partition coefficient (Wildman–Crippen LogP) is 5.69. The van der Waals surface area contributed by atoms with Gasteiger partial charge in [0, 0.05) is 13.1 Å². The van der Waals surface area contributed by atoms with Crippen molar-refractivity contribution in [2.24, 2.45) is 5.92 Å². The van der Waals surface area contributed by atoms with Crippen LogP contribution in [0.2, 0.25) is 0 Å². The molecule has 1 atom stereocenters. The van der Waals surface area contributed by atoms with Crippen LogP contribution in [0.25, 0.3) is 0 Å². The van der Waals surface area contributed by atoms with Gasteiger partial charge in [-0.1, -0.05) is 50.1 Å². The number of carboxylic acid groups (broad SMARTS) is 1. The van der Waals surface area contributed by atoms with E-state index in [4.69, 9.17) is 9.84 Å². The first kappa shape index (κ1) is 23.9. The van der Waals surface area contributed by atoms with Crippen molar-refractivity contribution < 1.29 is 14.6 Å². The van der Waals surface area contributed by atoms with Crippen LogP contribution in [0.3, 0.4) is 0 Å². The Balaban J connectivity index is 1.71. The highest BCUT2D eigenvalue weighted by Crippen LogP contribution is 2.22. The average Bonchev–Trinajstić information content (AvgIpc) is 2.72. The number of hydrogen-bond donors (Lipinski definition) is 2. The van der Waals surface area contributed by atoms with E-state index < -0.39 is 5.97 Å². The minimum Gasteiger partial charge on any atom is -0.494 e. The molecule has 0 saturated carbocycles. The van der Waals surface area contributed by atoms with E-state index in [0.717, 1.165) is 30.8 Å². The van der Waals surface area contributed by atoms with Crippen molar-refractivity contribution in [3.05, 3.63) is 64.7 Å². The summed E-state index contributed by atoms with van der Waals surface area (Å²) >= 11 is 0. The number of carbonyl (C=O) groups is 1. The van der Waals surface area contributed by atoms with Crippen LogP contribution in [0.5, 0.6) is 5.75 Å². The fourth-order valence-corrected chi connectivity index (χ4v) is 3.71. The number of nitrogens with one attached hydrogen (secondary N) is 1. The van der Waals surface area contributed by atoms with Gasteiger partial charge in [0.2, 0.25) is 0 Å². The molecule has 2 N–H and O–H groups in total. The fraction of sp³-hybridized carbons (Fsp3) is 0.500. The molecule has 4 nitrogen and oxygen atoms in total. The van der Waals surface area contributed by atoms with E-state index in [1.54, 1.807) is 0 Å². The quantitative estimate of drug-likeness (QED) is 0.392. The third kappa shape index (κ3) is 9.00. The second-order valence-corrected chi connectivity index (χ2v) is 8.23. The molecule has 0 unspecified atom stereocenters. The van der Waals surface area contributed by atoms with Gasteiger partial charge in [-0.25, -0.2) is 0 Å². The predicted molar refractivity (Wildman–Crippen MR) is 123 cm³/mol. The number of aryl methyl sites for hydroxylation is 2. The molecule has 0 amide bonds. The number of ether oxygens (including phenoxy) is 1. The molecule has 0 spiro atoms. The Morgan fingerprint density at radius 1 is 1.03 bits per heavy atom. The molecule has 0 saturated heterocycles. The highest BCUT2D eigenvalue weighted by atomic mass is 16.5. The molecule has 0 fully saturated rings. The van der Waals surface area contributed by atoms with E-state index in [1.807, 2.05) is 24.3 Å². The van der Waals surface area contributed by atoms with Gasteiger partial charge >= 0.3 is 5.97 Å². The summed E-state index contributed by atoms with van der Waals surface area (Å²) in [5, 5.41) is 11.8.